The topological polar surface area (TPSA) is 99.3 Å². The summed E-state index contributed by atoms with van der Waals surface area (Å²) >= 11 is 0. The Hall–Kier alpha value is -2.54. The maximum atomic E-state index is 12.4. The summed E-state index contributed by atoms with van der Waals surface area (Å²) in [5, 5.41) is -0.310. The molecule has 0 aliphatic carbocycles. The lowest BCUT2D eigenvalue weighted by Gasteiger charge is -2.00. The van der Waals surface area contributed by atoms with Crippen molar-refractivity contribution < 1.29 is 17.3 Å². The van der Waals surface area contributed by atoms with E-state index in [9.17, 15) is 8.42 Å². The van der Waals surface area contributed by atoms with Crippen LogP contribution in [0.25, 0.3) is 11.7 Å². The Labute approximate surface area is 114 Å². The lowest BCUT2D eigenvalue weighted by atomic mass is 10.4. The fourth-order valence-corrected chi connectivity index (χ4v) is 2.98. The molecule has 1 aromatic carbocycles. The average molecular weight is 290 g/mol. The van der Waals surface area contributed by atoms with Crippen LogP contribution in [0.2, 0.25) is 0 Å². The van der Waals surface area contributed by atoms with Crippen LogP contribution < -0.4 is 5.73 Å². The molecule has 0 saturated carbocycles. The number of oxazole rings is 1. The molecule has 0 bridgehead atoms. The minimum Gasteiger partial charge on any atom is -0.459 e. The third-order valence-corrected chi connectivity index (χ3v) is 4.35. The molecule has 0 unspecified atom stereocenters. The maximum absolute atomic E-state index is 12.4. The van der Waals surface area contributed by atoms with Crippen molar-refractivity contribution in [2.45, 2.75) is 9.92 Å². The first kappa shape index (κ1) is 12.5. The van der Waals surface area contributed by atoms with Crippen LogP contribution in [0.3, 0.4) is 0 Å². The number of hydrogen-bond donors (Lipinski definition) is 1. The zero-order valence-electron chi connectivity index (χ0n) is 10.2. The van der Waals surface area contributed by atoms with Gasteiger partial charge in [0.05, 0.1) is 11.2 Å². The van der Waals surface area contributed by atoms with Crippen molar-refractivity contribution in [1.82, 2.24) is 4.98 Å². The van der Waals surface area contributed by atoms with Crippen molar-refractivity contribution in [3.05, 3.63) is 48.7 Å². The molecule has 0 atom stereocenters. The van der Waals surface area contributed by atoms with Gasteiger partial charge in [-0.3, -0.25) is 0 Å². The number of nitrogen functional groups attached to an aromatic ring is 1. The molecule has 2 heterocycles. The van der Waals surface area contributed by atoms with Gasteiger partial charge in [0.25, 0.3) is 5.89 Å². The molecule has 2 aromatic heterocycles. The Balaban J connectivity index is 2.12. The van der Waals surface area contributed by atoms with E-state index in [1.165, 1.54) is 18.4 Å². The monoisotopic (exact) mass is 290 g/mol. The first-order valence-electron chi connectivity index (χ1n) is 5.69. The van der Waals surface area contributed by atoms with Crippen LogP contribution in [-0.4, -0.2) is 13.4 Å². The van der Waals surface area contributed by atoms with E-state index in [4.69, 9.17) is 14.6 Å². The van der Waals surface area contributed by atoms with E-state index in [1.54, 1.807) is 30.3 Å². The highest BCUT2D eigenvalue weighted by Crippen LogP contribution is 2.30. The van der Waals surface area contributed by atoms with Gasteiger partial charge in [-0.1, -0.05) is 18.2 Å². The standard InChI is InChI=1S/C13H10N2O4S/c14-11-13(15-12(19-11)10-7-4-8-18-10)20(16,17)9-5-2-1-3-6-9/h1-8H,14H2. The molecule has 7 heteroatoms. The zero-order valence-corrected chi connectivity index (χ0v) is 11.0. The van der Waals surface area contributed by atoms with E-state index in [2.05, 4.69) is 4.98 Å². The van der Waals surface area contributed by atoms with Crippen molar-refractivity contribution in [1.29, 1.82) is 0 Å². The van der Waals surface area contributed by atoms with Gasteiger partial charge in [0.1, 0.15) is 0 Å². The first-order valence-corrected chi connectivity index (χ1v) is 7.17. The van der Waals surface area contributed by atoms with Crippen LogP contribution in [0.4, 0.5) is 5.88 Å². The number of furan rings is 1. The van der Waals surface area contributed by atoms with E-state index < -0.39 is 9.84 Å². The number of nitrogens with two attached hydrogens (primary N) is 1. The molecule has 0 amide bonds. The number of hydrogen-bond acceptors (Lipinski definition) is 6. The molecule has 102 valence electrons. The van der Waals surface area contributed by atoms with Crippen LogP contribution in [-0.2, 0) is 9.84 Å². The molecule has 0 aliphatic heterocycles. The van der Waals surface area contributed by atoms with E-state index in [0.717, 1.165) is 0 Å². The number of anilines is 1. The van der Waals surface area contributed by atoms with Crippen molar-refractivity contribution in [3.63, 3.8) is 0 Å². The molecule has 0 spiro atoms. The summed E-state index contributed by atoms with van der Waals surface area (Å²) in [5.74, 6) is 0.0773. The Morgan fingerprint density at radius 3 is 2.45 bits per heavy atom. The Bertz CT molecular complexity index is 821. The second-order valence-corrected chi connectivity index (χ2v) is 5.85. The van der Waals surface area contributed by atoms with Gasteiger partial charge in [-0.05, 0) is 24.3 Å². The maximum Gasteiger partial charge on any atom is 0.266 e. The summed E-state index contributed by atoms with van der Waals surface area (Å²) in [7, 11) is -3.81. The lowest BCUT2D eigenvalue weighted by molar-refractivity contribution is 0.525. The van der Waals surface area contributed by atoms with E-state index in [0.29, 0.717) is 5.76 Å². The molecule has 20 heavy (non-hydrogen) atoms. The van der Waals surface area contributed by atoms with Crippen molar-refractivity contribution in [3.8, 4) is 11.7 Å². The molecule has 0 fully saturated rings. The predicted octanol–water partition coefficient (Wildman–Crippen LogP) is 2.35. The van der Waals surface area contributed by atoms with Crippen LogP contribution in [0.1, 0.15) is 0 Å². The van der Waals surface area contributed by atoms with Gasteiger partial charge in [0.2, 0.25) is 20.7 Å². The van der Waals surface area contributed by atoms with Crippen LogP contribution >= 0.6 is 0 Å². The molecular formula is C13H10N2O4S. The van der Waals surface area contributed by atoms with E-state index in [1.807, 2.05) is 0 Å². The Morgan fingerprint density at radius 1 is 1.05 bits per heavy atom. The minimum atomic E-state index is -3.81. The van der Waals surface area contributed by atoms with Gasteiger partial charge in [-0.15, -0.1) is 0 Å². The molecule has 2 N–H and O–H groups in total. The highest BCUT2D eigenvalue weighted by atomic mass is 32.2. The number of rotatable bonds is 3. The number of nitrogens with zero attached hydrogens (tertiary/aromatic N) is 1. The van der Waals surface area contributed by atoms with E-state index >= 15 is 0 Å². The SMILES string of the molecule is Nc1oc(-c2ccco2)nc1S(=O)(=O)c1ccccc1. The highest BCUT2D eigenvalue weighted by Gasteiger charge is 2.27. The quantitative estimate of drug-likeness (QED) is 0.794. The smallest absolute Gasteiger partial charge is 0.266 e. The second kappa shape index (κ2) is 4.53. The van der Waals surface area contributed by atoms with E-state index in [-0.39, 0.29) is 21.7 Å². The number of benzene rings is 1. The Morgan fingerprint density at radius 2 is 1.80 bits per heavy atom. The van der Waals surface area contributed by atoms with Crippen LogP contribution in [0.5, 0.6) is 0 Å². The third kappa shape index (κ3) is 1.97. The van der Waals surface area contributed by atoms with Crippen molar-refractivity contribution >= 4 is 15.7 Å². The van der Waals surface area contributed by atoms with Crippen molar-refractivity contribution in [2.24, 2.45) is 0 Å². The van der Waals surface area contributed by atoms with Crippen molar-refractivity contribution in [2.75, 3.05) is 5.73 Å². The van der Waals surface area contributed by atoms with Gasteiger partial charge >= 0.3 is 0 Å². The summed E-state index contributed by atoms with van der Waals surface area (Å²) in [6.45, 7) is 0. The Kier molecular flexibility index (Phi) is 2.83. The predicted molar refractivity (Wildman–Crippen MR) is 70.5 cm³/mol. The van der Waals surface area contributed by atoms with Gasteiger partial charge in [0, 0.05) is 0 Å². The highest BCUT2D eigenvalue weighted by molar-refractivity contribution is 7.91. The second-order valence-electron chi connectivity index (χ2n) is 3.98. The molecule has 0 aliphatic rings. The van der Waals surface area contributed by atoms with Crippen LogP contribution in [0, 0.1) is 0 Å². The molecule has 0 radical (unpaired) electrons. The molecule has 3 aromatic rings. The molecule has 3 rings (SSSR count). The summed E-state index contributed by atoms with van der Waals surface area (Å²) in [4.78, 5) is 4.03. The normalized spacial score (nSPS) is 11.6. The fraction of sp³-hybridized carbons (Fsp3) is 0. The average Bonchev–Trinajstić information content (AvgIpc) is 3.08. The summed E-state index contributed by atoms with van der Waals surface area (Å²) in [5.41, 5.74) is 5.62. The minimum absolute atomic E-state index is 0.0296. The van der Waals surface area contributed by atoms with Gasteiger partial charge < -0.3 is 14.6 Å². The first-order chi connectivity index (χ1) is 9.59. The van der Waals surface area contributed by atoms with Gasteiger partial charge in [-0.25, -0.2) is 8.42 Å². The number of sulfone groups is 1. The zero-order chi connectivity index (χ0) is 14.2. The van der Waals surface area contributed by atoms with Gasteiger partial charge in [-0.2, -0.15) is 4.98 Å². The molecule has 0 saturated heterocycles. The summed E-state index contributed by atoms with van der Waals surface area (Å²) in [6, 6.07) is 11.1. The van der Waals surface area contributed by atoms with Gasteiger partial charge in [0.15, 0.2) is 5.76 Å². The largest absolute Gasteiger partial charge is 0.459 e. The fourth-order valence-electron chi connectivity index (χ4n) is 1.73. The number of aromatic nitrogens is 1. The molecular weight excluding hydrogens is 280 g/mol. The summed E-state index contributed by atoms with van der Waals surface area (Å²) in [6.07, 6.45) is 1.43. The molecule has 6 nitrogen and oxygen atoms in total. The summed E-state index contributed by atoms with van der Waals surface area (Å²) < 4.78 is 35.1. The van der Waals surface area contributed by atoms with Crippen LogP contribution in [0.15, 0.2) is 67.5 Å². The third-order valence-electron chi connectivity index (χ3n) is 2.66. The lowest BCUT2D eigenvalue weighted by Crippen LogP contribution is -2.04.